The van der Waals surface area contributed by atoms with E-state index in [0.717, 1.165) is 18.2 Å². The van der Waals surface area contributed by atoms with Gasteiger partial charge in [0.2, 0.25) is 0 Å². The number of thioether (sulfide) groups is 1. The molecule has 1 heterocycles. The van der Waals surface area contributed by atoms with Gasteiger partial charge in [-0.15, -0.1) is 0 Å². The summed E-state index contributed by atoms with van der Waals surface area (Å²) in [6.07, 6.45) is 5.02. The maximum atomic E-state index is 11.4. The van der Waals surface area contributed by atoms with E-state index in [2.05, 4.69) is 4.98 Å². The SMILES string of the molecule is CCCSC(=O)S(=O)(=O)Sn1ccnc1.[NaH]. The summed E-state index contributed by atoms with van der Waals surface area (Å²) in [7, 11) is -3.32. The third-order valence-electron chi connectivity index (χ3n) is 1.29. The van der Waals surface area contributed by atoms with E-state index >= 15 is 0 Å². The molecule has 5 nitrogen and oxygen atoms in total. The van der Waals surface area contributed by atoms with Gasteiger partial charge < -0.3 is 0 Å². The molecule has 0 saturated heterocycles. The van der Waals surface area contributed by atoms with Gasteiger partial charge in [0.25, 0.3) is 8.87 Å². The molecule has 0 spiro atoms. The van der Waals surface area contributed by atoms with E-state index < -0.39 is 13.3 Å². The summed E-state index contributed by atoms with van der Waals surface area (Å²) < 4.78 is 23.4. The molecule has 1 rings (SSSR count). The molecule has 0 aliphatic rings. The van der Waals surface area contributed by atoms with E-state index in [1.54, 1.807) is 0 Å². The number of hydrogen-bond donors (Lipinski definition) is 0. The van der Waals surface area contributed by atoms with Crippen LogP contribution in [0.15, 0.2) is 18.7 Å². The molecule has 0 saturated carbocycles. The zero-order valence-electron chi connectivity index (χ0n) is 7.99. The van der Waals surface area contributed by atoms with Gasteiger partial charge in [0, 0.05) is 18.1 Å². The van der Waals surface area contributed by atoms with Gasteiger partial charge in [0.1, 0.15) is 6.33 Å². The summed E-state index contributed by atoms with van der Waals surface area (Å²) >= 11 is 0.824. The molecule has 9 heteroatoms. The van der Waals surface area contributed by atoms with Gasteiger partial charge in [-0.2, -0.15) is 0 Å². The molecular weight excluding hydrogens is 279 g/mol. The molecule has 0 amide bonds. The number of carbonyl (C=O) groups is 1. The molecule has 0 aliphatic heterocycles. The number of imidazole rings is 1. The van der Waals surface area contributed by atoms with Crippen LogP contribution in [-0.4, -0.2) is 57.1 Å². The molecule has 1 aromatic rings. The Balaban J connectivity index is 0.00000225. The fourth-order valence-electron chi connectivity index (χ4n) is 0.692. The van der Waals surface area contributed by atoms with Crippen molar-refractivity contribution in [2.24, 2.45) is 0 Å². The predicted octanol–water partition coefficient (Wildman–Crippen LogP) is 1.32. The van der Waals surface area contributed by atoms with Gasteiger partial charge >= 0.3 is 34.0 Å². The van der Waals surface area contributed by atoms with Crippen molar-refractivity contribution in [1.82, 2.24) is 8.96 Å². The monoisotopic (exact) mass is 290 g/mol. The average Bonchev–Trinajstić information content (AvgIpc) is 2.65. The van der Waals surface area contributed by atoms with Gasteiger partial charge in [-0.1, -0.05) is 18.7 Å². The number of nitrogens with zero attached hydrogens (tertiary/aromatic N) is 2. The van der Waals surface area contributed by atoms with E-state index in [-0.39, 0.29) is 29.6 Å². The molecule has 16 heavy (non-hydrogen) atoms. The van der Waals surface area contributed by atoms with Crippen molar-refractivity contribution >= 4 is 65.6 Å². The van der Waals surface area contributed by atoms with Crippen molar-refractivity contribution in [1.29, 1.82) is 0 Å². The quantitative estimate of drug-likeness (QED) is 0.615. The van der Waals surface area contributed by atoms with Crippen molar-refractivity contribution in [2.45, 2.75) is 13.3 Å². The predicted molar refractivity (Wildman–Crippen MR) is 69.4 cm³/mol. The molecule has 0 N–H and O–H groups in total. The average molecular weight is 290 g/mol. The van der Waals surface area contributed by atoms with Crippen molar-refractivity contribution in [2.75, 3.05) is 5.75 Å². The Morgan fingerprint density at radius 3 is 2.69 bits per heavy atom. The van der Waals surface area contributed by atoms with Gasteiger partial charge in [-0.3, -0.25) is 8.77 Å². The molecule has 0 aromatic carbocycles. The van der Waals surface area contributed by atoms with E-state index in [1.165, 1.54) is 22.7 Å². The first-order chi connectivity index (χ1) is 7.06. The van der Waals surface area contributed by atoms with Crippen LogP contribution < -0.4 is 0 Å². The Bertz CT molecular complexity index is 418. The number of hydrogen-bond acceptors (Lipinski definition) is 6. The summed E-state index contributed by atoms with van der Waals surface area (Å²) in [5.41, 5.74) is 0. The Hall–Kier alpha value is 0.530. The number of rotatable bonds is 4. The Morgan fingerprint density at radius 1 is 1.50 bits per heavy atom. The summed E-state index contributed by atoms with van der Waals surface area (Å²) in [5.74, 6) is 0.516. The molecule has 0 radical (unpaired) electrons. The summed E-state index contributed by atoms with van der Waals surface area (Å²) in [6.45, 7) is 1.88. The van der Waals surface area contributed by atoms with Gasteiger partial charge in [-0.05, 0) is 6.42 Å². The fourth-order valence-corrected chi connectivity index (χ4v) is 4.21. The summed E-state index contributed by atoms with van der Waals surface area (Å²) in [6, 6.07) is 0. The molecule has 0 aliphatic carbocycles. The van der Waals surface area contributed by atoms with Crippen LogP contribution in [0.3, 0.4) is 0 Å². The van der Waals surface area contributed by atoms with Crippen molar-refractivity contribution in [3.05, 3.63) is 18.7 Å². The normalized spacial score (nSPS) is 10.8. The number of aromatic nitrogens is 2. The van der Waals surface area contributed by atoms with E-state index in [4.69, 9.17) is 0 Å². The van der Waals surface area contributed by atoms with Crippen molar-refractivity contribution in [3.8, 4) is 0 Å². The van der Waals surface area contributed by atoms with Crippen LogP contribution in [0.5, 0.6) is 0 Å². The van der Waals surface area contributed by atoms with Crippen LogP contribution in [0, 0.1) is 0 Å². The first-order valence-electron chi connectivity index (χ1n) is 4.16. The first kappa shape index (κ1) is 16.5. The van der Waals surface area contributed by atoms with Crippen LogP contribution in [0.2, 0.25) is 0 Å². The second-order valence-electron chi connectivity index (χ2n) is 2.55. The van der Waals surface area contributed by atoms with Gasteiger partial charge in [0.05, 0.1) is 11.0 Å². The van der Waals surface area contributed by atoms with Gasteiger partial charge in [-0.25, -0.2) is 13.4 Å². The van der Waals surface area contributed by atoms with E-state index in [9.17, 15) is 13.2 Å². The van der Waals surface area contributed by atoms with Crippen LogP contribution in [0.25, 0.3) is 0 Å². The number of carbonyl (C=O) groups excluding carboxylic acids is 1. The molecule has 1 aromatic heterocycles. The summed E-state index contributed by atoms with van der Waals surface area (Å²) in [4.78, 5) is 15.0. The standard InChI is InChI=1S/C7H10N2O3S3.Na.H/c1-2-5-13-7(10)15(11,12)14-9-4-3-8-6-9;;/h3-4,6H,2,5H2,1H3;;. The fraction of sp³-hybridized carbons (Fsp3) is 0.429. The second-order valence-corrected chi connectivity index (χ2v) is 7.49. The van der Waals surface area contributed by atoms with Crippen LogP contribution in [-0.2, 0) is 8.87 Å². The molecule has 0 unspecified atom stereocenters. The third-order valence-corrected chi connectivity index (χ3v) is 6.02. The topological polar surface area (TPSA) is 69.0 Å². The zero-order chi connectivity index (χ0) is 11.3. The molecule has 86 valence electrons. The van der Waals surface area contributed by atoms with Crippen LogP contribution >= 0.6 is 22.7 Å². The van der Waals surface area contributed by atoms with Gasteiger partial charge in [0.15, 0.2) is 0 Å². The molecular formula is C7H11N2NaO3S3. The molecule has 0 bridgehead atoms. The van der Waals surface area contributed by atoms with Crippen molar-refractivity contribution in [3.63, 3.8) is 0 Å². The first-order valence-corrected chi connectivity index (χ1v) is 7.92. The molecule has 0 atom stereocenters. The Labute approximate surface area is 125 Å². The maximum absolute atomic E-state index is 11.4. The van der Waals surface area contributed by atoms with E-state index in [0.29, 0.717) is 16.7 Å². The minimum atomic E-state index is -3.79. The minimum absolute atomic E-state index is 0. The Morgan fingerprint density at radius 2 is 2.19 bits per heavy atom. The second kappa shape index (κ2) is 7.78. The Kier molecular flexibility index (Phi) is 8.04. The van der Waals surface area contributed by atoms with E-state index in [1.807, 2.05) is 6.92 Å². The van der Waals surface area contributed by atoms with Crippen LogP contribution in [0.4, 0.5) is 4.79 Å². The van der Waals surface area contributed by atoms with Crippen molar-refractivity contribution < 1.29 is 13.2 Å². The van der Waals surface area contributed by atoms with Crippen LogP contribution in [0.1, 0.15) is 13.3 Å². The molecule has 0 fully saturated rings. The zero-order valence-corrected chi connectivity index (χ0v) is 10.4. The third kappa shape index (κ3) is 5.24. The summed E-state index contributed by atoms with van der Waals surface area (Å²) in [5, 5.41) is 0.